The first kappa shape index (κ1) is 19.7. The topological polar surface area (TPSA) is 88.0 Å². The molecule has 10 heteroatoms. The van der Waals surface area contributed by atoms with E-state index in [9.17, 15) is 13.6 Å². The van der Waals surface area contributed by atoms with E-state index in [0.29, 0.717) is 29.4 Å². The molecule has 0 unspecified atom stereocenters. The van der Waals surface area contributed by atoms with Gasteiger partial charge in [-0.25, -0.2) is 18.4 Å². The van der Waals surface area contributed by atoms with Gasteiger partial charge < -0.3 is 15.5 Å². The van der Waals surface area contributed by atoms with Crippen molar-refractivity contribution < 1.29 is 13.6 Å². The maximum Gasteiger partial charge on any atom is 0.246 e. The van der Waals surface area contributed by atoms with E-state index in [0.717, 1.165) is 11.8 Å². The van der Waals surface area contributed by atoms with Gasteiger partial charge in [-0.05, 0) is 19.9 Å². The van der Waals surface area contributed by atoms with Crippen LogP contribution in [0.5, 0.6) is 0 Å². The third-order valence-corrected chi connectivity index (χ3v) is 5.17. The molecule has 1 atom stereocenters. The number of amides is 1. The molecule has 0 saturated heterocycles. The van der Waals surface area contributed by atoms with Gasteiger partial charge in [-0.3, -0.25) is 4.79 Å². The fourth-order valence-electron chi connectivity index (χ4n) is 3.31. The minimum Gasteiger partial charge on any atom is -0.364 e. The molecule has 0 spiro atoms. The second-order valence-corrected chi connectivity index (χ2v) is 7.24. The Balaban J connectivity index is 1.47. The lowest BCUT2D eigenvalue weighted by Crippen LogP contribution is -2.44. The molecule has 3 aromatic rings. The first-order chi connectivity index (χ1) is 14.3. The molecule has 1 amide bonds. The van der Waals surface area contributed by atoms with Crippen LogP contribution >= 0.6 is 0 Å². The van der Waals surface area contributed by atoms with Crippen molar-refractivity contribution in [3.05, 3.63) is 59.0 Å². The number of nitrogens with zero attached hydrogens (tertiary/aromatic N) is 5. The Hall–Kier alpha value is -3.56. The summed E-state index contributed by atoms with van der Waals surface area (Å²) in [6, 6.07) is 5.62. The average molecular weight is 413 g/mol. The molecular weight excluding hydrogens is 392 g/mol. The predicted octanol–water partition coefficient (Wildman–Crippen LogP) is 2.70. The molecule has 2 aromatic heterocycles. The van der Waals surface area contributed by atoms with Crippen molar-refractivity contribution in [2.75, 3.05) is 22.6 Å². The molecule has 0 bridgehead atoms. The molecule has 1 aliphatic heterocycles. The molecule has 4 rings (SSSR count). The number of hydrogen-bond donors (Lipinski definition) is 2. The van der Waals surface area contributed by atoms with Crippen molar-refractivity contribution >= 4 is 23.1 Å². The van der Waals surface area contributed by atoms with Crippen LogP contribution in [0.1, 0.15) is 23.9 Å². The van der Waals surface area contributed by atoms with Crippen LogP contribution in [0.4, 0.5) is 26.0 Å². The van der Waals surface area contributed by atoms with Gasteiger partial charge in [0, 0.05) is 18.7 Å². The lowest BCUT2D eigenvalue weighted by Gasteiger charge is -2.34. The summed E-state index contributed by atoms with van der Waals surface area (Å²) in [4.78, 5) is 18.4. The Morgan fingerprint density at radius 3 is 2.90 bits per heavy atom. The van der Waals surface area contributed by atoms with E-state index in [2.05, 4.69) is 25.9 Å². The normalized spacial score (nSPS) is 15.7. The molecule has 0 radical (unpaired) electrons. The number of aromatic nitrogens is 4. The highest BCUT2D eigenvalue weighted by Crippen LogP contribution is 2.34. The zero-order chi connectivity index (χ0) is 21.4. The smallest absolute Gasteiger partial charge is 0.246 e. The molecule has 2 N–H and O–H groups in total. The second kappa shape index (κ2) is 7.69. The predicted molar refractivity (Wildman–Crippen MR) is 108 cm³/mol. The summed E-state index contributed by atoms with van der Waals surface area (Å²) < 4.78 is 28.6. The number of anilines is 3. The molecule has 1 aromatic carbocycles. The van der Waals surface area contributed by atoms with E-state index in [1.54, 1.807) is 6.20 Å². The van der Waals surface area contributed by atoms with E-state index in [1.807, 2.05) is 31.9 Å². The maximum absolute atomic E-state index is 13.8. The number of carbonyl (C=O) groups is 1. The number of pyridine rings is 1. The number of likely N-dealkylation sites (N-methyl/N-ethyl adjacent to an activating group) is 1. The fourth-order valence-corrected chi connectivity index (χ4v) is 3.31. The Bertz CT molecular complexity index is 1110. The number of nitrogens with one attached hydrogen (secondary N) is 2. The standard InChI is InChI=1S/C20H21F2N7O/c1-11-19-16(28(3)12(2)20(30)25-19)7-17(24-11)23-8-14-10-29(27-26-14)9-13-5-4-6-15(21)18(13)22/h4-7,10,12H,8-9H2,1-3H3,(H,23,24)(H,25,30)/t12-/m0/s1. The van der Waals surface area contributed by atoms with Crippen LogP contribution in [-0.4, -0.2) is 39.0 Å². The lowest BCUT2D eigenvalue weighted by atomic mass is 10.1. The Labute approximate surface area is 171 Å². The Morgan fingerprint density at radius 2 is 2.10 bits per heavy atom. The van der Waals surface area contributed by atoms with Gasteiger partial charge in [0.1, 0.15) is 17.6 Å². The molecular formula is C20H21F2N7O. The quantitative estimate of drug-likeness (QED) is 0.669. The summed E-state index contributed by atoms with van der Waals surface area (Å²) in [5.41, 5.74) is 3.11. The van der Waals surface area contributed by atoms with Gasteiger partial charge in [0.25, 0.3) is 0 Å². The molecule has 0 aliphatic carbocycles. The highest BCUT2D eigenvalue weighted by Gasteiger charge is 2.28. The van der Waals surface area contributed by atoms with Crippen molar-refractivity contribution in [2.24, 2.45) is 0 Å². The number of rotatable bonds is 5. The summed E-state index contributed by atoms with van der Waals surface area (Å²) in [6.07, 6.45) is 1.66. The average Bonchev–Trinajstić information content (AvgIpc) is 3.16. The summed E-state index contributed by atoms with van der Waals surface area (Å²) in [7, 11) is 1.86. The van der Waals surface area contributed by atoms with E-state index in [4.69, 9.17) is 0 Å². The maximum atomic E-state index is 13.8. The van der Waals surface area contributed by atoms with Gasteiger partial charge in [0.15, 0.2) is 11.6 Å². The van der Waals surface area contributed by atoms with Gasteiger partial charge in [0.05, 0.1) is 36.4 Å². The number of hydrogen-bond acceptors (Lipinski definition) is 6. The van der Waals surface area contributed by atoms with Crippen LogP contribution in [0.3, 0.4) is 0 Å². The van der Waals surface area contributed by atoms with Crippen molar-refractivity contribution in [1.29, 1.82) is 0 Å². The van der Waals surface area contributed by atoms with Crippen LogP contribution in [0, 0.1) is 18.6 Å². The van der Waals surface area contributed by atoms with Crippen LogP contribution in [0.25, 0.3) is 0 Å². The number of fused-ring (bicyclic) bond motifs is 1. The monoisotopic (exact) mass is 413 g/mol. The van der Waals surface area contributed by atoms with E-state index >= 15 is 0 Å². The van der Waals surface area contributed by atoms with E-state index < -0.39 is 11.6 Å². The summed E-state index contributed by atoms with van der Waals surface area (Å²) >= 11 is 0. The Kier molecular flexibility index (Phi) is 5.06. The first-order valence-corrected chi connectivity index (χ1v) is 9.44. The minimum absolute atomic E-state index is 0.0676. The van der Waals surface area contributed by atoms with Gasteiger partial charge in [-0.2, -0.15) is 0 Å². The zero-order valence-electron chi connectivity index (χ0n) is 16.8. The SMILES string of the molecule is Cc1nc(NCc2cn(Cc3cccc(F)c3F)nn2)cc2c1NC(=O)[C@H](C)N2C. The number of benzene rings is 1. The van der Waals surface area contributed by atoms with E-state index in [-0.39, 0.29) is 24.1 Å². The molecule has 0 fully saturated rings. The minimum atomic E-state index is -0.890. The Morgan fingerprint density at radius 1 is 1.30 bits per heavy atom. The van der Waals surface area contributed by atoms with Crippen LogP contribution in [0.15, 0.2) is 30.5 Å². The van der Waals surface area contributed by atoms with Crippen molar-refractivity contribution in [1.82, 2.24) is 20.0 Å². The van der Waals surface area contributed by atoms with Crippen molar-refractivity contribution in [2.45, 2.75) is 33.0 Å². The van der Waals surface area contributed by atoms with Gasteiger partial charge in [-0.1, -0.05) is 17.3 Å². The second-order valence-electron chi connectivity index (χ2n) is 7.24. The molecule has 1 aliphatic rings. The van der Waals surface area contributed by atoms with Gasteiger partial charge in [-0.15, -0.1) is 5.10 Å². The van der Waals surface area contributed by atoms with Crippen LogP contribution in [-0.2, 0) is 17.9 Å². The fraction of sp³-hybridized carbons (Fsp3) is 0.300. The highest BCUT2D eigenvalue weighted by molar-refractivity contribution is 6.04. The molecule has 0 saturated carbocycles. The lowest BCUT2D eigenvalue weighted by molar-refractivity contribution is -0.117. The molecule has 156 valence electrons. The van der Waals surface area contributed by atoms with Crippen LogP contribution < -0.4 is 15.5 Å². The van der Waals surface area contributed by atoms with E-state index in [1.165, 1.54) is 16.8 Å². The summed E-state index contributed by atoms with van der Waals surface area (Å²) in [5.74, 6) is -1.21. The van der Waals surface area contributed by atoms with Gasteiger partial charge >= 0.3 is 0 Å². The molecule has 8 nitrogen and oxygen atoms in total. The molecule has 3 heterocycles. The molecule has 30 heavy (non-hydrogen) atoms. The number of aryl methyl sites for hydroxylation is 1. The number of halogens is 2. The summed E-state index contributed by atoms with van der Waals surface area (Å²) in [6.45, 7) is 4.09. The largest absolute Gasteiger partial charge is 0.364 e. The van der Waals surface area contributed by atoms with Crippen molar-refractivity contribution in [3.8, 4) is 0 Å². The first-order valence-electron chi connectivity index (χ1n) is 9.44. The third kappa shape index (κ3) is 3.68. The van der Waals surface area contributed by atoms with Crippen LogP contribution in [0.2, 0.25) is 0 Å². The zero-order valence-corrected chi connectivity index (χ0v) is 16.8. The number of carbonyl (C=O) groups excluding carboxylic acids is 1. The van der Waals surface area contributed by atoms with Gasteiger partial charge in [0.2, 0.25) is 5.91 Å². The highest BCUT2D eigenvalue weighted by atomic mass is 19.2. The van der Waals surface area contributed by atoms with Crippen molar-refractivity contribution in [3.63, 3.8) is 0 Å². The summed E-state index contributed by atoms with van der Waals surface area (Å²) in [5, 5.41) is 14.1. The third-order valence-electron chi connectivity index (χ3n) is 5.17.